The van der Waals surface area contributed by atoms with Crippen LogP contribution in [0.1, 0.15) is 42.5 Å². The molecule has 3 aromatic rings. The molecule has 1 aliphatic heterocycles. The lowest BCUT2D eigenvalue weighted by Crippen LogP contribution is -2.35. The Bertz CT molecular complexity index is 1090. The summed E-state index contributed by atoms with van der Waals surface area (Å²) in [5.74, 6) is 2.47. The first-order valence-corrected chi connectivity index (χ1v) is 12.8. The maximum atomic E-state index is 5.47. The van der Waals surface area contributed by atoms with Crippen LogP contribution in [0.15, 0.2) is 38.6 Å². The van der Waals surface area contributed by atoms with E-state index in [1.54, 1.807) is 22.9 Å². The van der Waals surface area contributed by atoms with E-state index >= 15 is 0 Å². The molecule has 1 spiro atoms. The summed E-state index contributed by atoms with van der Waals surface area (Å²) in [7, 11) is 1.99. The molecule has 3 heterocycles. The number of rotatable bonds is 6. The number of hydrogen-bond donors (Lipinski definition) is 0. The van der Waals surface area contributed by atoms with Crippen molar-refractivity contribution in [3.05, 3.63) is 45.9 Å². The van der Waals surface area contributed by atoms with Crippen LogP contribution < -0.4 is 0 Å². The van der Waals surface area contributed by atoms with Crippen molar-refractivity contribution in [2.45, 2.75) is 49.6 Å². The third-order valence-corrected chi connectivity index (χ3v) is 8.41. The van der Waals surface area contributed by atoms with Gasteiger partial charge < -0.3 is 13.9 Å². The summed E-state index contributed by atoms with van der Waals surface area (Å²) in [6.45, 7) is 5.46. The molecule has 1 unspecified atom stereocenters. The first kappa shape index (κ1) is 23.8. The summed E-state index contributed by atoms with van der Waals surface area (Å²) < 4.78 is 8.69. The van der Waals surface area contributed by atoms with E-state index in [4.69, 9.17) is 4.42 Å². The van der Waals surface area contributed by atoms with Crippen LogP contribution in [0.25, 0.3) is 11.6 Å². The van der Waals surface area contributed by atoms with Gasteiger partial charge in [-0.05, 0) is 75.4 Å². The van der Waals surface area contributed by atoms with Gasteiger partial charge in [-0.25, -0.2) is 4.98 Å². The van der Waals surface area contributed by atoms with Gasteiger partial charge in [-0.1, -0.05) is 33.8 Å². The zero-order valence-corrected chi connectivity index (χ0v) is 21.7. The smallest absolute Gasteiger partial charge is 0.202 e. The molecule has 32 heavy (non-hydrogen) atoms. The van der Waals surface area contributed by atoms with Crippen LogP contribution in [0.5, 0.6) is 0 Å². The number of fused-ring (bicyclic) bond motifs is 2. The van der Waals surface area contributed by atoms with E-state index in [0.717, 1.165) is 35.4 Å². The largest absolute Gasteiger partial charge is 0.440 e. The van der Waals surface area contributed by atoms with E-state index in [1.165, 1.54) is 49.6 Å². The Labute approximate surface area is 208 Å². The number of likely N-dealkylation sites (tertiary alicyclic amines) is 1. The second kappa shape index (κ2) is 9.87. The van der Waals surface area contributed by atoms with Gasteiger partial charge in [-0.2, -0.15) is 0 Å². The van der Waals surface area contributed by atoms with Crippen molar-refractivity contribution < 1.29 is 4.42 Å². The molecular weight excluding hydrogens is 510 g/mol. The highest BCUT2D eigenvalue weighted by atomic mass is 79.9. The molecule has 0 bridgehead atoms. The molecule has 6 nitrogen and oxygen atoms in total. The third-order valence-electron chi connectivity index (χ3n) is 6.81. The minimum absolute atomic E-state index is 0. The number of aryl methyl sites for hydroxylation is 2. The van der Waals surface area contributed by atoms with Crippen molar-refractivity contribution in [1.29, 1.82) is 0 Å². The third kappa shape index (κ3) is 4.52. The van der Waals surface area contributed by atoms with Gasteiger partial charge in [0.1, 0.15) is 0 Å². The molecule has 2 aliphatic rings. The summed E-state index contributed by atoms with van der Waals surface area (Å²) in [5, 5.41) is 9.58. The van der Waals surface area contributed by atoms with Gasteiger partial charge in [0.05, 0.1) is 5.69 Å². The monoisotopic (exact) mass is 537 g/mol. The summed E-state index contributed by atoms with van der Waals surface area (Å²) in [4.78, 5) is 6.82. The van der Waals surface area contributed by atoms with Gasteiger partial charge in [0.25, 0.3) is 0 Å². The van der Waals surface area contributed by atoms with Crippen LogP contribution in [0, 0.1) is 6.92 Å². The standard InChI is InChI=1S/C23H28BrN5OS.ClH/c1-16-20(30-15-25-16)21-26-27-22(28(21)2)31-12-4-10-29-11-9-23(14-29)8-3-5-17-6-7-18(24)13-19(17)23;/h6-7,13,15H,3-5,8-12,14H2,1-2H3;1H. The van der Waals surface area contributed by atoms with Crippen molar-refractivity contribution in [2.75, 3.05) is 25.4 Å². The fraction of sp³-hybridized carbons (Fsp3) is 0.522. The Hall–Kier alpha value is -1.35. The van der Waals surface area contributed by atoms with Crippen LogP contribution in [-0.2, 0) is 18.9 Å². The van der Waals surface area contributed by atoms with Crippen molar-refractivity contribution in [2.24, 2.45) is 7.05 Å². The van der Waals surface area contributed by atoms with Crippen molar-refractivity contribution in [1.82, 2.24) is 24.6 Å². The van der Waals surface area contributed by atoms with E-state index < -0.39 is 0 Å². The molecule has 9 heteroatoms. The lowest BCUT2D eigenvalue weighted by molar-refractivity contribution is 0.294. The molecule has 0 N–H and O–H groups in total. The van der Waals surface area contributed by atoms with E-state index in [2.05, 4.69) is 54.2 Å². The average molecular weight is 539 g/mol. The van der Waals surface area contributed by atoms with Crippen LogP contribution in [0.4, 0.5) is 0 Å². The molecule has 1 fully saturated rings. The minimum atomic E-state index is 0. The lowest BCUT2D eigenvalue weighted by atomic mass is 9.69. The number of oxazole rings is 1. The fourth-order valence-electron chi connectivity index (χ4n) is 5.19. The van der Waals surface area contributed by atoms with Crippen LogP contribution in [-0.4, -0.2) is 50.0 Å². The van der Waals surface area contributed by atoms with E-state index in [0.29, 0.717) is 11.2 Å². The minimum Gasteiger partial charge on any atom is -0.440 e. The molecular formula is C23H29BrClN5OS. The highest BCUT2D eigenvalue weighted by molar-refractivity contribution is 9.10. The highest BCUT2D eigenvalue weighted by Crippen LogP contribution is 2.45. The Morgan fingerprint density at radius 1 is 1.25 bits per heavy atom. The SMILES string of the molecule is Cc1ncoc1-c1nnc(SCCCN2CCC3(CCCc4ccc(Br)cc43)C2)n1C.Cl. The molecule has 0 amide bonds. The Kier molecular flexibility index (Phi) is 7.34. The first-order valence-electron chi connectivity index (χ1n) is 11.0. The van der Waals surface area contributed by atoms with Gasteiger partial charge in [-0.3, -0.25) is 0 Å². The topological polar surface area (TPSA) is 60.0 Å². The van der Waals surface area contributed by atoms with Crippen molar-refractivity contribution in [3.8, 4) is 11.6 Å². The van der Waals surface area contributed by atoms with Gasteiger partial charge in [-0.15, -0.1) is 22.6 Å². The number of thioether (sulfide) groups is 1. The fourth-order valence-corrected chi connectivity index (χ4v) is 6.39. The summed E-state index contributed by atoms with van der Waals surface area (Å²) >= 11 is 5.46. The maximum Gasteiger partial charge on any atom is 0.202 e. The predicted octanol–water partition coefficient (Wildman–Crippen LogP) is 5.43. The summed E-state index contributed by atoms with van der Waals surface area (Å²) in [6, 6.07) is 6.91. The van der Waals surface area contributed by atoms with Gasteiger partial charge in [0.2, 0.25) is 5.82 Å². The number of halogens is 2. The van der Waals surface area contributed by atoms with E-state index in [1.807, 2.05) is 18.5 Å². The second-order valence-electron chi connectivity index (χ2n) is 8.80. The molecule has 5 rings (SSSR count). The van der Waals surface area contributed by atoms with Crippen LogP contribution in [0.3, 0.4) is 0 Å². The van der Waals surface area contributed by atoms with Gasteiger partial charge in [0, 0.05) is 29.2 Å². The lowest BCUT2D eigenvalue weighted by Gasteiger charge is -2.36. The van der Waals surface area contributed by atoms with E-state index in [9.17, 15) is 0 Å². The maximum absolute atomic E-state index is 5.47. The number of aromatic nitrogens is 4. The molecule has 1 aliphatic carbocycles. The predicted molar refractivity (Wildman–Crippen MR) is 134 cm³/mol. The van der Waals surface area contributed by atoms with Crippen molar-refractivity contribution >= 4 is 40.1 Å². The second-order valence-corrected chi connectivity index (χ2v) is 10.8. The quantitative estimate of drug-likeness (QED) is 0.308. The zero-order valence-electron chi connectivity index (χ0n) is 18.5. The molecule has 1 saturated heterocycles. The number of benzene rings is 1. The summed E-state index contributed by atoms with van der Waals surface area (Å²) in [5.41, 5.74) is 4.36. The highest BCUT2D eigenvalue weighted by Gasteiger charge is 2.42. The molecule has 1 aromatic carbocycles. The average Bonchev–Trinajstić information content (AvgIpc) is 3.46. The van der Waals surface area contributed by atoms with Gasteiger partial charge in [0.15, 0.2) is 17.3 Å². The normalized spacial score (nSPS) is 20.5. The Balaban J connectivity index is 0.00000245. The van der Waals surface area contributed by atoms with Crippen LogP contribution in [0.2, 0.25) is 0 Å². The molecule has 172 valence electrons. The van der Waals surface area contributed by atoms with Gasteiger partial charge >= 0.3 is 0 Å². The molecule has 1 atom stereocenters. The molecule has 0 saturated carbocycles. The zero-order chi connectivity index (χ0) is 21.4. The Morgan fingerprint density at radius 2 is 2.12 bits per heavy atom. The Morgan fingerprint density at radius 3 is 2.94 bits per heavy atom. The number of nitrogens with zero attached hydrogens (tertiary/aromatic N) is 5. The van der Waals surface area contributed by atoms with E-state index in [-0.39, 0.29) is 12.4 Å². The van der Waals surface area contributed by atoms with Crippen LogP contribution >= 0.6 is 40.1 Å². The summed E-state index contributed by atoms with van der Waals surface area (Å²) in [6.07, 6.45) is 7.76. The molecule has 0 radical (unpaired) electrons. The van der Waals surface area contributed by atoms with Crippen molar-refractivity contribution in [3.63, 3.8) is 0 Å². The number of hydrogen-bond acceptors (Lipinski definition) is 6. The first-order chi connectivity index (χ1) is 15.1. The molecule has 2 aromatic heterocycles.